The predicted molar refractivity (Wildman–Crippen MR) is 61.8 cm³/mol. The number of aliphatic hydroxyl groups is 1. The average Bonchev–Trinajstić information content (AvgIpc) is 2.33. The highest BCUT2D eigenvalue weighted by atomic mass is 16.4. The summed E-state index contributed by atoms with van der Waals surface area (Å²) < 4.78 is 1.33. The summed E-state index contributed by atoms with van der Waals surface area (Å²) in [6, 6.07) is 8.50. The molecular formula is C12H11NO4. The maximum atomic E-state index is 11.9. The van der Waals surface area contributed by atoms with E-state index in [1.54, 1.807) is 31.3 Å². The lowest BCUT2D eigenvalue weighted by molar-refractivity contribution is -0.147. The molecule has 0 spiro atoms. The van der Waals surface area contributed by atoms with Crippen molar-refractivity contribution in [1.82, 2.24) is 4.57 Å². The van der Waals surface area contributed by atoms with Gasteiger partial charge in [0.05, 0.1) is 11.1 Å². The molecule has 17 heavy (non-hydrogen) atoms. The van der Waals surface area contributed by atoms with Crippen molar-refractivity contribution in [1.29, 1.82) is 0 Å². The zero-order valence-electron chi connectivity index (χ0n) is 9.12. The first-order valence-corrected chi connectivity index (χ1v) is 5.02. The van der Waals surface area contributed by atoms with Crippen LogP contribution in [0.25, 0.3) is 10.9 Å². The van der Waals surface area contributed by atoms with Gasteiger partial charge in [-0.05, 0) is 17.5 Å². The summed E-state index contributed by atoms with van der Waals surface area (Å²) in [5.41, 5.74) is 0.0659. The Balaban J connectivity index is 2.79. The number of hydrogen-bond donors (Lipinski definition) is 2. The molecule has 0 aliphatic heterocycles. The summed E-state index contributed by atoms with van der Waals surface area (Å²) in [6.07, 6.45) is -1.79. The fraction of sp³-hybridized carbons (Fsp3) is 0.167. The lowest BCUT2D eigenvalue weighted by Crippen LogP contribution is -2.26. The third kappa shape index (κ3) is 1.81. The van der Waals surface area contributed by atoms with E-state index in [1.807, 2.05) is 0 Å². The molecule has 1 aromatic heterocycles. The Kier molecular flexibility index (Phi) is 2.69. The fourth-order valence-electron chi connectivity index (χ4n) is 1.78. The van der Waals surface area contributed by atoms with Crippen molar-refractivity contribution < 1.29 is 15.0 Å². The van der Waals surface area contributed by atoms with E-state index in [-0.39, 0.29) is 5.56 Å². The number of hydrogen-bond acceptors (Lipinski definition) is 3. The van der Waals surface area contributed by atoms with Crippen LogP contribution in [-0.2, 0) is 11.8 Å². The molecule has 2 aromatic rings. The number of carboxylic acid groups (broad SMARTS) is 1. The maximum absolute atomic E-state index is 11.9. The van der Waals surface area contributed by atoms with Crippen LogP contribution in [0.3, 0.4) is 0 Å². The van der Waals surface area contributed by atoms with Gasteiger partial charge in [0.2, 0.25) is 0 Å². The SMILES string of the molecule is Cn1c(=O)c(C(O)C(=O)O)cc2ccccc21. The van der Waals surface area contributed by atoms with E-state index < -0.39 is 17.6 Å². The van der Waals surface area contributed by atoms with Gasteiger partial charge < -0.3 is 14.8 Å². The highest BCUT2D eigenvalue weighted by Gasteiger charge is 2.20. The lowest BCUT2D eigenvalue weighted by atomic mass is 10.1. The highest BCUT2D eigenvalue weighted by molar-refractivity contribution is 5.82. The fourth-order valence-corrected chi connectivity index (χ4v) is 1.78. The maximum Gasteiger partial charge on any atom is 0.337 e. The zero-order chi connectivity index (χ0) is 12.6. The topological polar surface area (TPSA) is 79.5 Å². The molecule has 1 atom stereocenters. The van der Waals surface area contributed by atoms with Gasteiger partial charge in [0, 0.05) is 7.05 Å². The van der Waals surface area contributed by atoms with Crippen molar-refractivity contribution >= 4 is 16.9 Å². The standard InChI is InChI=1S/C12H11NO4/c1-13-9-5-3-2-4-7(9)6-8(11(13)15)10(14)12(16)17/h2-6,10,14H,1H3,(H,16,17). The van der Waals surface area contributed by atoms with Crippen LogP contribution < -0.4 is 5.56 Å². The molecule has 1 aromatic carbocycles. The van der Waals surface area contributed by atoms with Gasteiger partial charge in [-0.25, -0.2) is 4.79 Å². The largest absolute Gasteiger partial charge is 0.479 e. The molecule has 0 aliphatic carbocycles. The van der Waals surface area contributed by atoms with Crippen molar-refractivity contribution in [3.8, 4) is 0 Å². The summed E-state index contributed by atoms with van der Waals surface area (Å²) in [7, 11) is 1.54. The van der Waals surface area contributed by atoms with Crippen LogP contribution >= 0.6 is 0 Å². The first-order valence-electron chi connectivity index (χ1n) is 5.02. The molecule has 0 bridgehead atoms. The number of fused-ring (bicyclic) bond motifs is 1. The normalized spacial score (nSPS) is 12.6. The number of carbonyl (C=O) groups is 1. The second kappa shape index (κ2) is 4.03. The van der Waals surface area contributed by atoms with Gasteiger partial charge in [-0.15, -0.1) is 0 Å². The average molecular weight is 233 g/mol. The molecule has 2 rings (SSSR count). The Bertz CT molecular complexity index is 644. The number of aryl methyl sites for hydroxylation is 1. The van der Waals surface area contributed by atoms with E-state index in [0.29, 0.717) is 10.9 Å². The predicted octanol–water partition coefficient (Wildman–Crippen LogP) is 0.656. The number of carboxylic acids is 1. The van der Waals surface area contributed by atoms with E-state index in [1.165, 1.54) is 10.6 Å². The van der Waals surface area contributed by atoms with Gasteiger partial charge in [0.15, 0.2) is 6.10 Å². The molecule has 0 radical (unpaired) electrons. The Morgan fingerprint density at radius 3 is 2.65 bits per heavy atom. The summed E-state index contributed by atoms with van der Waals surface area (Å²) >= 11 is 0. The summed E-state index contributed by atoms with van der Waals surface area (Å²) in [5, 5.41) is 18.9. The zero-order valence-corrected chi connectivity index (χ0v) is 9.12. The number of nitrogens with zero attached hydrogens (tertiary/aromatic N) is 1. The van der Waals surface area contributed by atoms with Gasteiger partial charge in [0.25, 0.3) is 5.56 Å². The summed E-state index contributed by atoms with van der Waals surface area (Å²) in [4.78, 5) is 22.6. The Labute approximate surface area is 96.5 Å². The minimum absolute atomic E-state index is 0.126. The van der Waals surface area contributed by atoms with Crippen molar-refractivity contribution in [2.45, 2.75) is 6.10 Å². The minimum Gasteiger partial charge on any atom is -0.479 e. The molecule has 2 N–H and O–H groups in total. The van der Waals surface area contributed by atoms with Crippen LogP contribution in [0.15, 0.2) is 35.1 Å². The Morgan fingerprint density at radius 2 is 2.00 bits per heavy atom. The van der Waals surface area contributed by atoms with Crippen LogP contribution in [0.1, 0.15) is 11.7 Å². The van der Waals surface area contributed by atoms with Gasteiger partial charge >= 0.3 is 5.97 Å². The van der Waals surface area contributed by atoms with E-state index >= 15 is 0 Å². The van der Waals surface area contributed by atoms with Crippen molar-refractivity contribution in [3.05, 3.63) is 46.2 Å². The number of aliphatic hydroxyl groups excluding tert-OH is 1. The van der Waals surface area contributed by atoms with E-state index in [4.69, 9.17) is 5.11 Å². The molecule has 0 saturated carbocycles. The monoisotopic (exact) mass is 233 g/mol. The smallest absolute Gasteiger partial charge is 0.337 e. The van der Waals surface area contributed by atoms with Gasteiger partial charge in [-0.2, -0.15) is 0 Å². The van der Waals surface area contributed by atoms with Crippen molar-refractivity contribution in [3.63, 3.8) is 0 Å². The first-order chi connectivity index (χ1) is 8.02. The lowest BCUT2D eigenvalue weighted by Gasteiger charge is -2.10. The number of para-hydroxylation sites is 1. The Hall–Kier alpha value is -2.14. The van der Waals surface area contributed by atoms with Crippen LogP contribution in [0.2, 0.25) is 0 Å². The second-order valence-electron chi connectivity index (χ2n) is 3.76. The van der Waals surface area contributed by atoms with E-state index in [9.17, 15) is 14.7 Å². The van der Waals surface area contributed by atoms with E-state index in [2.05, 4.69) is 0 Å². The number of aromatic nitrogens is 1. The molecule has 0 fully saturated rings. The third-order valence-electron chi connectivity index (χ3n) is 2.69. The van der Waals surface area contributed by atoms with E-state index in [0.717, 1.165) is 0 Å². The molecule has 5 heteroatoms. The molecule has 0 amide bonds. The summed E-state index contributed by atoms with van der Waals surface area (Å²) in [6.45, 7) is 0. The van der Waals surface area contributed by atoms with Gasteiger partial charge in [-0.1, -0.05) is 18.2 Å². The molecule has 0 saturated heterocycles. The van der Waals surface area contributed by atoms with Crippen molar-refractivity contribution in [2.75, 3.05) is 0 Å². The van der Waals surface area contributed by atoms with Gasteiger partial charge in [-0.3, -0.25) is 4.79 Å². The quantitative estimate of drug-likeness (QED) is 0.798. The number of aliphatic carboxylic acids is 1. The number of benzene rings is 1. The Morgan fingerprint density at radius 1 is 1.35 bits per heavy atom. The van der Waals surface area contributed by atoms with Crippen LogP contribution in [-0.4, -0.2) is 20.7 Å². The van der Waals surface area contributed by atoms with Crippen molar-refractivity contribution in [2.24, 2.45) is 7.05 Å². The molecule has 0 aliphatic rings. The molecule has 1 heterocycles. The van der Waals surface area contributed by atoms with Crippen LogP contribution in [0.4, 0.5) is 0 Å². The first kappa shape index (κ1) is 11.3. The molecular weight excluding hydrogens is 222 g/mol. The second-order valence-corrected chi connectivity index (χ2v) is 3.76. The third-order valence-corrected chi connectivity index (χ3v) is 2.69. The van der Waals surface area contributed by atoms with Crippen LogP contribution in [0, 0.1) is 0 Å². The van der Waals surface area contributed by atoms with Gasteiger partial charge in [0.1, 0.15) is 0 Å². The number of pyridine rings is 1. The summed E-state index contributed by atoms with van der Waals surface area (Å²) in [5.74, 6) is -1.43. The minimum atomic E-state index is -1.79. The highest BCUT2D eigenvalue weighted by Crippen LogP contribution is 2.16. The molecule has 88 valence electrons. The number of rotatable bonds is 2. The van der Waals surface area contributed by atoms with Crippen LogP contribution in [0.5, 0.6) is 0 Å². The molecule has 5 nitrogen and oxygen atoms in total. The molecule has 1 unspecified atom stereocenters.